The fraction of sp³-hybridized carbons (Fsp3) is 0.0833. The first kappa shape index (κ1) is 21.5. The highest BCUT2D eigenvalue weighted by molar-refractivity contribution is 6.33. The van der Waals surface area contributed by atoms with Crippen molar-refractivity contribution in [1.82, 2.24) is 9.78 Å². The highest BCUT2D eigenvalue weighted by Crippen LogP contribution is 2.21. The number of amides is 1. The van der Waals surface area contributed by atoms with Gasteiger partial charge in [0.1, 0.15) is 29.0 Å². The maximum Gasteiger partial charge on any atom is 0.256 e. The Bertz CT molecular complexity index is 1220. The molecular formula is C24H18ClF2N3O2. The first-order valence-electron chi connectivity index (χ1n) is 9.73. The van der Waals surface area contributed by atoms with Gasteiger partial charge in [0.25, 0.3) is 5.91 Å². The molecule has 4 rings (SSSR count). The first-order valence-corrected chi connectivity index (χ1v) is 10.1. The van der Waals surface area contributed by atoms with E-state index in [4.69, 9.17) is 16.3 Å². The van der Waals surface area contributed by atoms with Crippen LogP contribution >= 0.6 is 11.6 Å². The molecule has 0 unspecified atom stereocenters. The Balaban J connectivity index is 1.37. The lowest BCUT2D eigenvalue weighted by molar-refractivity contribution is 0.102. The standard InChI is InChI=1S/C24H18ClF2N3O2/c25-21-14-30(13-18-3-1-2-4-22(18)27)29-23(21)28-24(31)17-7-5-16(6-8-17)15-32-20-11-9-19(26)10-12-20/h1-12,14H,13,15H2,(H,28,29,31). The van der Waals surface area contributed by atoms with Gasteiger partial charge in [0.15, 0.2) is 5.82 Å². The molecule has 32 heavy (non-hydrogen) atoms. The van der Waals surface area contributed by atoms with Crippen molar-refractivity contribution in [2.24, 2.45) is 0 Å². The normalized spacial score (nSPS) is 10.7. The first-order chi connectivity index (χ1) is 15.5. The molecule has 1 aromatic heterocycles. The van der Waals surface area contributed by atoms with Gasteiger partial charge >= 0.3 is 0 Å². The summed E-state index contributed by atoms with van der Waals surface area (Å²) in [4.78, 5) is 12.6. The summed E-state index contributed by atoms with van der Waals surface area (Å²) in [6.45, 7) is 0.463. The number of ether oxygens (including phenoxy) is 1. The molecular weight excluding hydrogens is 436 g/mol. The van der Waals surface area contributed by atoms with Crippen molar-refractivity contribution in [3.63, 3.8) is 0 Å². The SMILES string of the molecule is O=C(Nc1nn(Cc2ccccc2F)cc1Cl)c1ccc(COc2ccc(F)cc2)cc1. The third-order valence-electron chi connectivity index (χ3n) is 4.67. The second-order valence-electron chi connectivity index (χ2n) is 7.01. The smallest absolute Gasteiger partial charge is 0.256 e. The number of nitrogens with zero attached hydrogens (tertiary/aromatic N) is 2. The van der Waals surface area contributed by atoms with E-state index in [1.807, 2.05) is 0 Å². The zero-order valence-electron chi connectivity index (χ0n) is 16.8. The van der Waals surface area contributed by atoms with Gasteiger partial charge in [-0.3, -0.25) is 9.48 Å². The molecule has 3 aromatic carbocycles. The summed E-state index contributed by atoms with van der Waals surface area (Å²) in [6.07, 6.45) is 1.53. The molecule has 0 bridgehead atoms. The molecule has 0 saturated carbocycles. The Morgan fingerprint density at radius 1 is 1.00 bits per heavy atom. The molecule has 1 N–H and O–H groups in total. The summed E-state index contributed by atoms with van der Waals surface area (Å²) in [5.41, 5.74) is 1.72. The number of halogens is 3. The predicted octanol–water partition coefficient (Wildman–Crippen LogP) is 5.69. The maximum atomic E-state index is 13.8. The Hall–Kier alpha value is -3.71. The minimum Gasteiger partial charge on any atom is -0.489 e. The fourth-order valence-electron chi connectivity index (χ4n) is 2.99. The van der Waals surface area contributed by atoms with Gasteiger partial charge in [-0.15, -0.1) is 0 Å². The molecule has 0 saturated heterocycles. The van der Waals surface area contributed by atoms with Crippen LogP contribution in [-0.4, -0.2) is 15.7 Å². The lowest BCUT2D eigenvalue weighted by Gasteiger charge is -2.07. The molecule has 0 radical (unpaired) electrons. The molecule has 0 atom stereocenters. The van der Waals surface area contributed by atoms with Crippen molar-refractivity contribution < 1.29 is 18.3 Å². The number of aromatic nitrogens is 2. The van der Waals surface area contributed by atoms with E-state index >= 15 is 0 Å². The van der Waals surface area contributed by atoms with E-state index in [2.05, 4.69) is 10.4 Å². The third-order valence-corrected chi connectivity index (χ3v) is 4.95. The summed E-state index contributed by atoms with van der Waals surface area (Å²) in [6, 6.07) is 19.0. The molecule has 8 heteroatoms. The third kappa shape index (κ3) is 5.31. The largest absolute Gasteiger partial charge is 0.489 e. The molecule has 0 aliphatic carbocycles. The molecule has 0 aliphatic rings. The van der Waals surface area contributed by atoms with E-state index in [9.17, 15) is 13.6 Å². The second-order valence-corrected chi connectivity index (χ2v) is 7.42. The molecule has 5 nitrogen and oxygen atoms in total. The van der Waals surface area contributed by atoms with E-state index in [-0.39, 0.29) is 41.5 Å². The number of carbonyl (C=O) groups is 1. The fourth-order valence-corrected chi connectivity index (χ4v) is 3.19. The van der Waals surface area contributed by atoms with Gasteiger partial charge < -0.3 is 10.1 Å². The number of rotatable bonds is 7. The highest BCUT2D eigenvalue weighted by Gasteiger charge is 2.13. The zero-order chi connectivity index (χ0) is 22.5. The van der Waals surface area contributed by atoms with Gasteiger partial charge in [0, 0.05) is 17.3 Å². The molecule has 1 heterocycles. The van der Waals surface area contributed by atoms with Crippen molar-refractivity contribution in [3.8, 4) is 5.75 Å². The average molecular weight is 454 g/mol. The van der Waals surface area contributed by atoms with Gasteiger partial charge in [0.05, 0.1) is 6.54 Å². The van der Waals surface area contributed by atoms with Crippen LogP contribution in [0.5, 0.6) is 5.75 Å². The summed E-state index contributed by atoms with van der Waals surface area (Å²) < 4.78 is 33.8. The van der Waals surface area contributed by atoms with Crippen molar-refractivity contribution in [3.05, 3.63) is 112 Å². The predicted molar refractivity (Wildman–Crippen MR) is 118 cm³/mol. The number of carbonyl (C=O) groups excluding carboxylic acids is 1. The number of anilines is 1. The van der Waals surface area contributed by atoms with Crippen LogP contribution < -0.4 is 10.1 Å². The lowest BCUT2D eigenvalue weighted by Crippen LogP contribution is -2.13. The number of hydrogen-bond acceptors (Lipinski definition) is 3. The van der Waals surface area contributed by atoms with Crippen LogP contribution in [0, 0.1) is 11.6 Å². The van der Waals surface area contributed by atoms with Crippen molar-refractivity contribution in [2.45, 2.75) is 13.2 Å². The van der Waals surface area contributed by atoms with Crippen molar-refractivity contribution in [2.75, 3.05) is 5.32 Å². The van der Waals surface area contributed by atoms with Crippen LogP contribution in [0.25, 0.3) is 0 Å². The van der Waals surface area contributed by atoms with Crippen LogP contribution in [0.3, 0.4) is 0 Å². The average Bonchev–Trinajstić information content (AvgIpc) is 3.14. The summed E-state index contributed by atoms with van der Waals surface area (Å²) in [5.74, 6) is -0.308. The summed E-state index contributed by atoms with van der Waals surface area (Å²) >= 11 is 6.19. The van der Waals surface area contributed by atoms with Crippen molar-refractivity contribution >= 4 is 23.3 Å². The van der Waals surface area contributed by atoms with Crippen LogP contribution in [0.4, 0.5) is 14.6 Å². The van der Waals surface area contributed by atoms with Crippen LogP contribution in [0.15, 0.2) is 79.0 Å². The molecule has 1 amide bonds. The Morgan fingerprint density at radius 2 is 1.72 bits per heavy atom. The Morgan fingerprint density at radius 3 is 2.44 bits per heavy atom. The second kappa shape index (κ2) is 9.62. The molecule has 0 aliphatic heterocycles. The van der Waals surface area contributed by atoms with Crippen LogP contribution in [0.2, 0.25) is 5.02 Å². The van der Waals surface area contributed by atoms with Gasteiger partial charge in [-0.2, -0.15) is 5.10 Å². The highest BCUT2D eigenvalue weighted by atomic mass is 35.5. The molecule has 0 spiro atoms. The van der Waals surface area contributed by atoms with Crippen LogP contribution in [0.1, 0.15) is 21.5 Å². The topological polar surface area (TPSA) is 56.2 Å². The van der Waals surface area contributed by atoms with E-state index in [0.29, 0.717) is 16.9 Å². The van der Waals surface area contributed by atoms with Gasteiger partial charge in [-0.1, -0.05) is 41.9 Å². The van der Waals surface area contributed by atoms with Crippen LogP contribution in [-0.2, 0) is 13.2 Å². The summed E-state index contributed by atoms with van der Waals surface area (Å²) in [5, 5.41) is 7.15. The maximum absolute atomic E-state index is 13.8. The van der Waals surface area contributed by atoms with E-state index in [0.717, 1.165) is 5.56 Å². The quantitative estimate of drug-likeness (QED) is 0.391. The van der Waals surface area contributed by atoms with E-state index < -0.39 is 0 Å². The van der Waals surface area contributed by atoms with Gasteiger partial charge in [-0.05, 0) is 48.0 Å². The Labute approximate surface area is 188 Å². The molecule has 162 valence electrons. The number of hydrogen-bond donors (Lipinski definition) is 1. The summed E-state index contributed by atoms with van der Waals surface area (Å²) in [7, 11) is 0. The minimum absolute atomic E-state index is 0.186. The lowest BCUT2D eigenvalue weighted by atomic mass is 10.1. The van der Waals surface area contributed by atoms with E-state index in [1.54, 1.807) is 54.6 Å². The number of nitrogens with one attached hydrogen (secondary N) is 1. The Kier molecular flexibility index (Phi) is 6.47. The molecule has 0 fully saturated rings. The monoisotopic (exact) mass is 453 g/mol. The van der Waals surface area contributed by atoms with Gasteiger partial charge in [-0.25, -0.2) is 8.78 Å². The zero-order valence-corrected chi connectivity index (χ0v) is 17.5. The number of benzene rings is 3. The van der Waals surface area contributed by atoms with Gasteiger partial charge in [0.2, 0.25) is 0 Å². The van der Waals surface area contributed by atoms with E-state index in [1.165, 1.54) is 29.1 Å². The van der Waals surface area contributed by atoms with Crippen molar-refractivity contribution in [1.29, 1.82) is 0 Å². The minimum atomic E-state index is -0.381. The molecule has 4 aromatic rings.